The first-order valence-electron chi connectivity index (χ1n) is 6.57. The van der Waals surface area contributed by atoms with Crippen molar-refractivity contribution in [2.45, 2.75) is 13.0 Å². The minimum Gasteiger partial charge on any atom is -0.491 e. The number of nitrogens with one attached hydrogen (secondary N) is 1. The Morgan fingerprint density at radius 1 is 1.47 bits per heavy atom. The summed E-state index contributed by atoms with van der Waals surface area (Å²) in [6, 6.07) is 7.17. The fourth-order valence-corrected chi connectivity index (χ4v) is 1.69. The third-order valence-corrected chi connectivity index (χ3v) is 3.06. The molecule has 2 N–H and O–H groups in total. The van der Waals surface area contributed by atoms with Crippen molar-refractivity contribution in [1.82, 2.24) is 10.2 Å². The van der Waals surface area contributed by atoms with E-state index < -0.39 is 6.10 Å². The zero-order valence-electron chi connectivity index (χ0n) is 11.6. The number of ether oxygens (including phenoxy) is 1. The maximum Gasteiger partial charge on any atom is 0.120 e. The highest BCUT2D eigenvalue weighted by Gasteiger charge is 2.05. The van der Waals surface area contributed by atoms with E-state index in [-0.39, 0.29) is 6.61 Å². The Morgan fingerprint density at radius 2 is 2.26 bits per heavy atom. The van der Waals surface area contributed by atoms with Crippen LogP contribution in [-0.4, -0.2) is 55.9 Å². The number of aliphatic hydroxyl groups excluding tert-OH is 1. The Bertz CT molecular complexity index is 363. The zero-order chi connectivity index (χ0) is 14.1. The number of halogens is 1. The van der Waals surface area contributed by atoms with Crippen molar-refractivity contribution in [3.63, 3.8) is 0 Å². The van der Waals surface area contributed by atoms with Gasteiger partial charge >= 0.3 is 0 Å². The molecule has 4 nitrogen and oxygen atoms in total. The Morgan fingerprint density at radius 3 is 2.95 bits per heavy atom. The van der Waals surface area contributed by atoms with Crippen LogP contribution < -0.4 is 10.1 Å². The molecule has 1 aromatic rings. The maximum atomic E-state index is 9.77. The highest BCUT2D eigenvalue weighted by atomic mass is 35.5. The smallest absolute Gasteiger partial charge is 0.120 e. The second kappa shape index (κ2) is 9.15. The molecule has 1 aromatic carbocycles. The Balaban J connectivity index is 2.12. The third-order valence-electron chi connectivity index (χ3n) is 2.83. The number of likely N-dealkylation sites (N-methyl/N-ethyl adjacent to an activating group) is 1. The Labute approximate surface area is 120 Å². The molecule has 0 aromatic heterocycles. The molecule has 0 radical (unpaired) electrons. The Kier molecular flexibility index (Phi) is 7.82. The lowest BCUT2D eigenvalue weighted by Crippen LogP contribution is -2.36. The largest absolute Gasteiger partial charge is 0.491 e. The molecule has 0 heterocycles. The van der Waals surface area contributed by atoms with E-state index in [0.29, 0.717) is 17.3 Å². The van der Waals surface area contributed by atoms with Crippen LogP contribution in [0.1, 0.15) is 6.92 Å². The molecule has 0 saturated carbocycles. The first-order chi connectivity index (χ1) is 9.11. The summed E-state index contributed by atoms with van der Waals surface area (Å²) in [7, 11) is 2.07. The summed E-state index contributed by atoms with van der Waals surface area (Å²) in [5, 5.41) is 13.6. The molecular weight excluding hydrogens is 264 g/mol. The van der Waals surface area contributed by atoms with Crippen LogP contribution in [0.4, 0.5) is 0 Å². The molecule has 0 aliphatic heterocycles. The minimum atomic E-state index is -0.522. The minimum absolute atomic E-state index is 0.261. The molecule has 108 valence electrons. The van der Waals surface area contributed by atoms with Gasteiger partial charge in [-0.05, 0) is 31.8 Å². The van der Waals surface area contributed by atoms with Gasteiger partial charge in [0, 0.05) is 24.7 Å². The zero-order valence-corrected chi connectivity index (χ0v) is 12.4. The fourth-order valence-electron chi connectivity index (χ4n) is 1.50. The molecule has 0 bridgehead atoms. The SMILES string of the molecule is CCN(C)CCNCC(O)COc1cccc(Cl)c1. The van der Waals surface area contributed by atoms with Gasteiger partial charge in [-0.1, -0.05) is 24.6 Å². The van der Waals surface area contributed by atoms with Crippen molar-refractivity contribution in [3.8, 4) is 5.75 Å². The van der Waals surface area contributed by atoms with E-state index in [1.807, 2.05) is 12.1 Å². The Hall–Kier alpha value is -0.810. The fraction of sp³-hybridized carbons (Fsp3) is 0.571. The van der Waals surface area contributed by atoms with Gasteiger partial charge in [0.2, 0.25) is 0 Å². The molecule has 0 aliphatic rings. The summed E-state index contributed by atoms with van der Waals surface area (Å²) < 4.78 is 5.46. The second-order valence-corrected chi connectivity index (χ2v) is 4.96. The number of benzene rings is 1. The van der Waals surface area contributed by atoms with Crippen molar-refractivity contribution in [3.05, 3.63) is 29.3 Å². The van der Waals surface area contributed by atoms with Gasteiger partial charge in [0.05, 0.1) is 0 Å². The van der Waals surface area contributed by atoms with Gasteiger partial charge in [0.25, 0.3) is 0 Å². The predicted molar refractivity (Wildman–Crippen MR) is 79.0 cm³/mol. The van der Waals surface area contributed by atoms with E-state index in [9.17, 15) is 5.11 Å². The number of nitrogens with zero attached hydrogens (tertiary/aromatic N) is 1. The number of hydrogen-bond donors (Lipinski definition) is 2. The summed E-state index contributed by atoms with van der Waals surface area (Å²) in [4.78, 5) is 2.21. The van der Waals surface area contributed by atoms with Crippen LogP contribution in [0.25, 0.3) is 0 Å². The van der Waals surface area contributed by atoms with Crippen LogP contribution in [0.15, 0.2) is 24.3 Å². The monoisotopic (exact) mass is 286 g/mol. The van der Waals surface area contributed by atoms with Gasteiger partial charge < -0.3 is 20.1 Å². The van der Waals surface area contributed by atoms with E-state index in [1.54, 1.807) is 12.1 Å². The van der Waals surface area contributed by atoms with Crippen LogP contribution in [-0.2, 0) is 0 Å². The van der Waals surface area contributed by atoms with Crippen molar-refractivity contribution in [1.29, 1.82) is 0 Å². The summed E-state index contributed by atoms with van der Waals surface area (Å²) in [6.07, 6.45) is -0.522. The molecule has 0 saturated heterocycles. The van der Waals surface area contributed by atoms with Crippen molar-refractivity contribution >= 4 is 11.6 Å². The number of hydrogen-bond acceptors (Lipinski definition) is 4. The lowest BCUT2D eigenvalue weighted by Gasteiger charge is -2.16. The lowest BCUT2D eigenvalue weighted by molar-refractivity contribution is 0.106. The maximum absolute atomic E-state index is 9.77. The normalized spacial score (nSPS) is 12.7. The molecule has 0 aliphatic carbocycles. The van der Waals surface area contributed by atoms with Gasteiger partial charge in [0.15, 0.2) is 0 Å². The summed E-state index contributed by atoms with van der Waals surface area (Å²) in [5.41, 5.74) is 0. The van der Waals surface area contributed by atoms with E-state index in [1.165, 1.54) is 0 Å². The van der Waals surface area contributed by atoms with Crippen LogP contribution in [0, 0.1) is 0 Å². The van der Waals surface area contributed by atoms with Gasteiger partial charge in [0.1, 0.15) is 18.5 Å². The van der Waals surface area contributed by atoms with Crippen molar-refractivity contribution in [2.24, 2.45) is 0 Å². The van der Waals surface area contributed by atoms with Crippen LogP contribution >= 0.6 is 11.6 Å². The average Bonchev–Trinajstić information content (AvgIpc) is 2.41. The predicted octanol–water partition coefficient (Wildman–Crippen LogP) is 1.62. The molecule has 1 rings (SSSR count). The lowest BCUT2D eigenvalue weighted by atomic mass is 10.3. The van der Waals surface area contributed by atoms with Gasteiger partial charge in [-0.2, -0.15) is 0 Å². The van der Waals surface area contributed by atoms with Gasteiger partial charge in [-0.3, -0.25) is 0 Å². The van der Waals surface area contributed by atoms with Gasteiger partial charge in [-0.15, -0.1) is 0 Å². The molecule has 0 spiro atoms. The molecule has 0 amide bonds. The molecular formula is C14H23ClN2O2. The van der Waals surface area contributed by atoms with E-state index in [0.717, 1.165) is 19.6 Å². The van der Waals surface area contributed by atoms with E-state index in [4.69, 9.17) is 16.3 Å². The second-order valence-electron chi connectivity index (χ2n) is 4.52. The molecule has 19 heavy (non-hydrogen) atoms. The average molecular weight is 287 g/mol. The molecule has 1 atom stereocenters. The van der Waals surface area contributed by atoms with Crippen LogP contribution in [0.5, 0.6) is 5.75 Å². The first-order valence-corrected chi connectivity index (χ1v) is 6.95. The van der Waals surface area contributed by atoms with Crippen molar-refractivity contribution in [2.75, 3.05) is 39.8 Å². The molecule has 1 unspecified atom stereocenters. The number of rotatable bonds is 9. The topological polar surface area (TPSA) is 44.7 Å². The summed E-state index contributed by atoms with van der Waals surface area (Å²) in [5.74, 6) is 0.678. The van der Waals surface area contributed by atoms with Crippen LogP contribution in [0.3, 0.4) is 0 Å². The first kappa shape index (κ1) is 16.2. The van der Waals surface area contributed by atoms with Crippen molar-refractivity contribution < 1.29 is 9.84 Å². The third kappa shape index (κ3) is 7.38. The van der Waals surface area contributed by atoms with Gasteiger partial charge in [-0.25, -0.2) is 0 Å². The molecule has 0 fully saturated rings. The highest BCUT2D eigenvalue weighted by Crippen LogP contribution is 2.17. The van der Waals surface area contributed by atoms with Crippen LogP contribution in [0.2, 0.25) is 5.02 Å². The molecule has 5 heteroatoms. The number of aliphatic hydroxyl groups is 1. The standard InChI is InChI=1S/C14H23ClN2O2/c1-3-17(2)8-7-16-10-13(18)11-19-14-6-4-5-12(15)9-14/h4-6,9,13,16,18H,3,7-8,10-11H2,1-2H3. The van der Waals surface area contributed by atoms with E-state index >= 15 is 0 Å². The summed E-state index contributed by atoms with van der Waals surface area (Å²) >= 11 is 5.85. The quantitative estimate of drug-likeness (QED) is 0.677. The summed E-state index contributed by atoms with van der Waals surface area (Å²) in [6.45, 7) is 5.77. The van der Waals surface area contributed by atoms with E-state index in [2.05, 4.69) is 24.2 Å². The highest BCUT2D eigenvalue weighted by molar-refractivity contribution is 6.30.